The van der Waals surface area contributed by atoms with Crippen LogP contribution < -0.4 is 0 Å². The molecule has 4 rings (SSSR count). The number of halogens is 1. The molecule has 6 heteroatoms. The number of carbonyl (C=O) groups is 1. The number of carbonyl (C=O) groups excluding carboxylic acids is 1. The van der Waals surface area contributed by atoms with E-state index in [9.17, 15) is 19.4 Å². The zero-order valence-electron chi connectivity index (χ0n) is 17.5. The molecule has 2 atom stereocenters. The van der Waals surface area contributed by atoms with Gasteiger partial charge in [0.15, 0.2) is 0 Å². The minimum atomic E-state index is -0.706. The van der Waals surface area contributed by atoms with Crippen LogP contribution in [0.5, 0.6) is 0 Å². The van der Waals surface area contributed by atoms with Gasteiger partial charge in [-0.2, -0.15) is 0 Å². The molecule has 2 aromatic rings. The van der Waals surface area contributed by atoms with Crippen LogP contribution in [0.25, 0.3) is 5.57 Å². The molecule has 0 unspecified atom stereocenters. The van der Waals surface area contributed by atoms with E-state index >= 15 is 0 Å². The Kier molecular flexibility index (Phi) is 6.06. The average Bonchev–Trinajstić information content (AvgIpc) is 2.71. The van der Waals surface area contributed by atoms with Gasteiger partial charge in [0, 0.05) is 21.6 Å². The molecule has 2 heterocycles. The van der Waals surface area contributed by atoms with Gasteiger partial charge in [-0.05, 0) is 60.4 Å². The number of benzene rings is 2. The highest BCUT2D eigenvalue weighted by molar-refractivity contribution is 8.01. The van der Waals surface area contributed by atoms with Crippen molar-refractivity contribution < 1.29 is 24.1 Å². The molecule has 2 aliphatic heterocycles. The van der Waals surface area contributed by atoms with Gasteiger partial charge < -0.3 is 14.9 Å². The smallest absolute Gasteiger partial charge is 0.309 e. The zero-order valence-corrected chi connectivity index (χ0v) is 18.3. The fraction of sp³-hybridized carbons (Fsp3) is 0.320. The van der Waals surface area contributed by atoms with Crippen molar-refractivity contribution >= 4 is 23.3 Å². The molecule has 162 valence electrons. The predicted molar refractivity (Wildman–Crippen MR) is 119 cm³/mol. The molecule has 4 nitrogen and oxygen atoms in total. The Hall–Kier alpha value is -2.41. The number of hydrogen-bond acceptors (Lipinski definition) is 5. The summed E-state index contributed by atoms with van der Waals surface area (Å²) < 4.78 is 19.1. The second-order valence-electron chi connectivity index (χ2n) is 8.34. The summed E-state index contributed by atoms with van der Waals surface area (Å²) in [6.45, 7) is 3.85. The standard InChI is InChI=1S/C25H25FO4S/c1-25(2)20(9-8-18-12-17(28)13-23(29)30-18)24(19-5-3-4-6-22(19)31-25)15-7-10-21(26)16(11-15)14-27/h3-11,17-18,27-28H,12-14H2,1-2H3/t17-,18-/m0/s1. The molecule has 1 saturated heterocycles. The number of thioether (sulfide) groups is 1. The zero-order chi connectivity index (χ0) is 22.2. The lowest BCUT2D eigenvalue weighted by molar-refractivity contribution is -0.156. The van der Waals surface area contributed by atoms with Gasteiger partial charge >= 0.3 is 5.97 Å². The highest BCUT2D eigenvalue weighted by atomic mass is 32.2. The van der Waals surface area contributed by atoms with Crippen molar-refractivity contribution in [3.8, 4) is 0 Å². The Morgan fingerprint density at radius 1 is 1.26 bits per heavy atom. The SMILES string of the molecule is CC1(C)Sc2ccccc2C(c2ccc(F)c(CO)c2)=C1C=C[C@H]1C[C@H](O)CC(=O)O1. The van der Waals surface area contributed by atoms with Crippen LogP contribution >= 0.6 is 11.8 Å². The summed E-state index contributed by atoms with van der Waals surface area (Å²) in [6.07, 6.45) is 2.96. The van der Waals surface area contributed by atoms with Crippen LogP contribution in [-0.2, 0) is 16.1 Å². The van der Waals surface area contributed by atoms with E-state index < -0.39 is 24.0 Å². The molecule has 1 fully saturated rings. The number of hydrogen-bond donors (Lipinski definition) is 2. The highest BCUT2D eigenvalue weighted by Gasteiger charge is 2.34. The number of aliphatic hydroxyl groups is 2. The maximum Gasteiger partial charge on any atom is 0.309 e. The highest BCUT2D eigenvalue weighted by Crippen LogP contribution is 2.51. The summed E-state index contributed by atoms with van der Waals surface area (Å²) in [5, 5.41) is 19.5. The molecule has 31 heavy (non-hydrogen) atoms. The fourth-order valence-corrected chi connectivity index (χ4v) is 5.37. The number of esters is 1. The van der Waals surface area contributed by atoms with Crippen molar-refractivity contribution in [2.24, 2.45) is 0 Å². The van der Waals surface area contributed by atoms with Crippen LogP contribution in [0.1, 0.15) is 43.4 Å². The van der Waals surface area contributed by atoms with Crippen molar-refractivity contribution in [2.45, 2.75) is 55.1 Å². The molecule has 0 amide bonds. The van der Waals surface area contributed by atoms with E-state index in [1.807, 2.05) is 30.4 Å². The summed E-state index contributed by atoms with van der Waals surface area (Å²) in [7, 11) is 0. The van der Waals surface area contributed by atoms with Gasteiger partial charge in [-0.1, -0.05) is 30.3 Å². The minimum Gasteiger partial charge on any atom is -0.458 e. The lowest BCUT2D eigenvalue weighted by Gasteiger charge is -2.35. The largest absolute Gasteiger partial charge is 0.458 e. The topological polar surface area (TPSA) is 66.8 Å². The molecule has 0 radical (unpaired) electrons. The maximum absolute atomic E-state index is 14.1. The Morgan fingerprint density at radius 3 is 2.77 bits per heavy atom. The first-order valence-corrected chi connectivity index (χ1v) is 11.1. The van der Waals surface area contributed by atoms with Crippen LogP contribution in [-0.4, -0.2) is 33.1 Å². The molecular formula is C25H25FO4S. The summed E-state index contributed by atoms with van der Waals surface area (Å²) in [5.74, 6) is -0.846. The van der Waals surface area contributed by atoms with Crippen molar-refractivity contribution in [1.29, 1.82) is 0 Å². The quantitative estimate of drug-likeness (QED) is 0.679. The first-order chi connectivity index (χ1) is 14.8. The van der Waals surface area contributed by atoms with Crippen molar-refractivity contribution in [1.82, 2.24) is 0 Å². The third-order valence-corrected chi connectivity index (χ3v) is 6.92. The van der Waals surface area contributed by atoms with Gasteiger partial charge in [-0.25, -0.2) is 4.39 Å². The number of allylic oxidation sites excluding steroid dienone is 1. The molecule has 0 aliphatic carbocycles. The number of ether oxygens (including phenoxy) is 1. The van der Waals surface area contributed by atoms with Gasteiger partial charge in [0.2, 0.25) is 0 Å². The predicted octanol–water partition coefficient (Wildman–Crippen LogP) is 4.63. The van der Waals surface area contributed by atoms with E-state index in [0.29, 0.717) is 6.42 Å². The molecule has 2 aliphatic rings. The van der Waals surface area contributed by atoms with Crippen LogP contribution in [0, 0.1) is 5.82 Å². The summed E-state index contributed by atoms with van der Waals surface area (Å²) in [6, 6.07) is 12.9. The number of cyclic esters (lactones) is 1. The van der Waals surface area contributed by atoms with Crippen molar-refractivity contribution in [2.75, 3.05) is 0 Å². The fourth-order valence-electron chi connectivity index (χ4n) is 4.11. The Balaban J connectivity index is 1.87. The average molecular weight is 441 g/mol. The van der Waals surface area contributed by atoms with E-state index in [1.165, 1.54) is 6.07 Å². The first-order valence-electron chi connectivity index (χ1n) is 10.3. The molecule has 0 bridgehead atoms. The third-order valence-electron chi connectivity index (χ3n) is 5.61. The van der Waals surface area contributed by atoms with E-state index in [4.69, 9.17) is 4.74 Å². The molecule has 0 spiro atoms. The van der Waals surface area contributed by atoms with E-state index in [0.717, 1.165) is 27.2 Å². The molecule has 0 aromatic heterocycles. The Bertz CT molecular complexity index is 1070. The van der Waals surface area contributed by atoms with Crippen molar-refractivity contribution in [3.63, 3.8) is 0 Å². The first kappa shape index (κ1) is 21.8. The van der Waals surface area contributed by atoms with Gasteiger partial charge in [-0.3, -0.25) is 4.79 Å². The molecule has 2 N–H and O–H groups in total. The van der Waals surface area contributed by atoms with Gasteiger partial charge in [0.25, 0.3) is 0 Å². The molecule has 2 aromatic carbocycles. The lowest BCUT2D eigenvalue weighted by Crippen LogP contribution is -2.31. The monoisotopic (exact) mass is 440 g/mol. The molecular weight excluding hydrogens is 415 g/mol. The van der Waals surface area contributed by atoms with Gasteiger partial charge in [0.05, 0.1) is 19.1 Å². The third kappa shape index (κ3) is 4.47. The second-order valence-corrected chi connectivity index (χ2v) is 10.0. The lowest BCUT2D eigenvalue weighted by atomic mass is 9.85. The van der Waals surface area contributed by atoms with Crippen LogP contribution in [0.15, 0.2) is 65.1 Å². The van der Waals surface area contributed by atoms with E-state index in [2.05, 4.69) is 19.9 Å². The summed E-state index contributed by atoms with van der Waals surface area (Å²) in [4.78, 5) is 12.8. The van der Waals surface area contributed by atoms with Crippen molar-refractivity contribution in [3.05, 3.63) is 82.7 Å². The van der Waals surface area contributed by atoms with Crippen LogP contribution in [0.4, 0.5) is 4.39 Å². The second kappa shape index (κ2) is 8.61. The van der Waals surface area contributed by atoms with Crippen LogP contribution in [0.2, 0.25) is 0 Å². The summed E-state index contributed by atoms with van der Waals surface area (Å²) >= 11 is 1.73. The van der Waals surface area contributed by atoms with Crippen LogP contribution in [0.3, 0.4) is 0 Å². The van der Waals surface area contributed by atoms with Gasteiger partial charge in [0.1, 0.15) is 11.9 Å². The number of aliphatic hydroxyl groups excluding tert-OH is 2. The summed E-state index contributed by atoms with van der Waals surface area (Å²) in [5.41, 5.74) is 4.04. The molecule has 0 saturated carbocycles. The minimum absolute atomic E-state index is 0.0204. The number of fused-ring (bicyclic) bond motifs is 1. The normalized spacial score (nSPS) is 23.1. The van der Waals surface area contributed by atoms with E-state index in [-0.39, 0.29) is 23.3 Å². The Morgan fingerprint density at radius 2 is 2.03 bits per heavy atom. The number of rotatable bonds is 4. The van der Waals surface area contributed by atoms with E-state index in [1.54, 1.807) is 23.9 Å². The maximum atomic E-state index is 14.1. The van der Waals surface area contributed by atoms with Gasteiger partial charge in [-0.15, -0.1) is 11.8 Å². The Labute approximate surface area is 185 Å².